The van der Waals surface area contributed by atoms with E-state index >= 15 is 0 Å². The van der Waals surface area contributed by atoms with Gasteiger partial charge in [-0.15, -0.1) is 0 Å². The number of hydrogen-bond donors (Lipinski definition) is 9. The van der Waals surface area contributed by atoms with Crippen molar-refractivity contribution in [3.05, 3.63) is 11.7 Å². The number of primary amides is 1. The third-order valence-electron chi connectivity index (χ3n) is 4.08. The first kappa shape index (κ1) is 27.2. The van der Waals surface area contributed by atoms with Crippen LogP contribution in [0.3, 0.4) is 0 Å². The number of carbonyl (C=O) groups is 2. The number of aliphatic hydroxyl groups is 1. The Balaban J connectivity index is 2.91. The number of carboxylic acids is 1. The van der Waals surface area contributed by atoms with E-state index in [2.05, 4.69) is 20.2 Å². The maximum absolute atomic E-state index is 12.4. The minimum Gasteiger partial charge on any atom is -0.480 e. The van der Waals surface area contributed by atoms with E-state index in [1.807, 2.05) is 4.72 Å². The number of nitrogens with two attached hydrogens (primary N) is 3. The number of carboxylic acid groups (broad SMARTS) is 1. The Morgan fingerprint density at radius 1 is 1.19 bits per heavy atom. The monoisotopic (exact) mass is 479 g/mol. The topological polar surface area (TPSA) is 286 Å². The highest BCUT2D eigenvalue weighted by atomic mass is 32.2. The maximum Gasteiger partial charge on any atom is 0.321 e. The second-order valence-corrected chi connectivity index (χ2v) is 8.26. The van der Waals surface area contributed by atoms with Gasteiger partial charge in [0.1, 0.15) is 12.1 Å². The van der Waals surface area contributed by atoms with Gasteiger partial charge >= 0.3 is 5.97 Å². The summed E-state index contributed by atoms with van der Waals surface area (Å²) in [5, 5.41) is 31.4. The lowest BCUT2D eigenvalue weighted by Gasteiger charge is -2.18. The van der Waals surface area contributed by atoms with Gasteiger partial charge in [-0.25, -0.2) is 0 Å². The molecule has 0 aromatic carbocycles. The summed E-state index contributed by atoms with van der Waals surface area (Å²) in [6, 6.07) is -3.44. The molecule has 12 N–H and O–H groups in total. The summed E-state index contributed by atoms with van der Waals surface area (Å²) in [6.07, 6.45) is 0.202. The number of amides is 1. The smallest absolute Gasteiger partial charge is 0.321 e. The van der Waals surface area contributed by atoms with Gasteiger partial charge in [0.15, 0.2) is 11.8 Å². The molecule has 0 spiro atoms. The molecule has 1 aromatic rings. The number of aliphatic carboxylic acids is 1. The van der Waals surface area contributed by atoms with Crippen molar-refractivity contribution in [3.8, 4) is 0 Å². The summed E-state index contributed by atoms with van der Waals surface area (Å²) in [5.41, 5.74) is 16.3. The molecule has 0 saturated heterocycles. The molecule has 3 atom stereocenters. The third-order valence-corrected chi connectivity index (χ3v) is 5.27. The van der Waals surface area contributed by atoms with E-state index in [1.165, 1.54) is 0 Å². The first-order chi connectivity index (χ1) is 14.9. The summed E-state index contributed by atoms with van der Waals surface area (Å²) in [7, 11) is -4.42. The van der Waals surface area contributed by atoms with Gasteiger partial charge in [-0.3, -0.25) is 15.0 Å². The molecule has 1 rings (SSSR count). The number of hydrogen-bond acceptors (Lipinski definition) is 10. The van der Waals surface area contributed by atoms with Crippen LogP contribution in [0.15, 0.2) is 4.52 Å². The van der Waals surface area contributed by atoms with Crippen molar-refractivity contribution in [1.82, 2.24) is 24.9 Å². The van der Waals surface area contributed by atoms with Crippen molar-refractivity contribution in [2.75, 3.05) is 13.2 Å². The van der Waals surface area contributed by atoms with Crippen molar-refractivity contribution >= 4 is 28.0 Å². The zero-order chi connectivity index (χ0) is 24.3. The Labute approximate surface area is 184 Å². The SMILES string of the molecule is N=C(N)NCCC[C@H](N)c1noc([C@H](CCC(N)=O)NS(=O)(=O)N[C@@H](CCO)C(=O)O)n1. The molecule has 0 aliphatic heterocycles. The van der Waals surface area contributed by atoms with Crippen molar-refractivity contribution in [3.63, 3.8) is 0 Å². The van der Waals surface area contributed by atoms with E-state index in [4.69, 9.17) is 37.3 Å². The van der Waals surface area contributed by atoms with Gasteiger partial charge < -0.3 is 37.3 Å². The van der Waals surface area contributed by atoms with Gasteiger partial charge in [0.25, 0.3) is 10.2 Å². The molecule has 0 aliphatic rings. The molecule has 0 fully saturated rings. The molecule has 0 unspecified atom stereocenters. The summed E-state index contributed by atoms with van der Waals surface area (Å²) >= 11 is 0. The van der Waals surface area contributed by atoms with E-state index in [0.717, 1.165) is 0 Å². The van der Waals surface area contributed by atoms with Gasteiger partial charge in [-0.2, -0.15) is 22.8 Å². The Bertz CT molecular complexity index is 876. The highest BCUT2D eigenvalue weighted by Gasteiger charge is 2.29. The first-order valence-corrected chi connectivity index (χ1v) is 11.0. The molecule has 0 aliphatic carbocycles. The standard InChI is InChI=1S/C15H29N9O7S/c16-8(2-1-6-20-15(18)19)12-21-13(31-22-12)9(3-4-11(17)26)23-32(29,30)24-10(5-7-25)14(27)28/h8-10,23-25H,1-7,16H2,(H2,17,26)(H,27,28)(H4,18,19,20)/t8-,9-,10-/m0/s1. The van der Waals surface area contributed by atoms with Crippen LogP contribution in [0.2, 0.25) is 0 Å². The molecule has 0 saturated carbocycles. The average Bonchev–Trinajstić information content (AvgIpc) is 3.17. The van der Waals surface area contributed by atoms with E-state index in [-0.39, 0.29) is 36.9 Å². The summed E-state index contributed by atoms with van der Waals surface area (Å²) in [6.45, 7) is -0.156. The van der Waals surface area contributed by atoms with Crippen LogP contribution in [0.1, 0.15) is 55.9 Å². The highest BCUT2D eigenvalue weighted by Crippen LogP contribution is 2.20. The Morgan fingerprint density at radius 3 is 2.44 bits per heavy atom. The van der Waals surface area contributed by atoms with Crippen LogP contribution in [0.4, 0.5) is 0 Å². The quantitative estimate of drug-likeness (QED) is 0.0647. The predicted molar refractivity (Wildman–Crippen MR) is 110 cm³/mol. The molecule has 0 radical (unpaired) electrons. The molecule has 1 heterocycles. The summed E-state index contributed by atoms with van der Waals surface area (Å²) in [4.78, 5) is 26.4. The number of guanidine groups is 1. The maximum atomic E-state index is 12.4. The molecule has 16 nitrogen and oxygen atoms in total. The van der Waals surface area contributed by atoms with Crippen LogP contribution in [0.25, 0.3) is 0 Å². The van der Waals surface area contributed by atoms with Gasteiger partial charge in [-0.1, -0.05) is 5.16 Å². The lowest BCUT2D eigenvalue weighted by atomic mass is 10.1. The van der Waals surface area contributed by atoms with Crippen molar-refractivity contribution in [1.29, 1.82) is 5.41 Å². The van der Waals surface area contributed by atoms with Crippen LogP contribution in [-0.4, -0.2) is 65.8 Å². The summed E-state index contributed by atoms with van der Waals surface area (Å²) < 4.78 is 33.9. The number of aliphatic hydroxyl groups excluding tert-OH is 1. The predicted octanol–water partition coefficient (Wildman–Crippen LogP) is -3.10. The fraction of sp³-hybridized carbons (Fsp3) is 0.667. The van der Waals surface area contributed by atoms with E-state index in [1.54, 1.807) is 0 Å². The Hall–Kier alpha value is -2.86. The lowest BCUT2D eigenvalue weighted by Crippen LogP contribution is -2.47. The second kappa shape index (κ2) is 12.9. The number of nitrogens with one attached hydrogen (secondary N) is 4. The lowest BCUT2D eigenvalue weighted by molar-refractivity contribution is -0.139. The van der Waals surface area contributed by atoms with Crippen molar-refractivity contribution < 1.29 is 32.7 Å². The minimum atomic E-state index is -4.42. The Kier molecular flexibility index (Phi) is 10.9. The fourth-order valence-corrected chi connectivity index (χ4v) is 3.76. The van der Waals surface area contributed by atoms with Crippen LogP contribution >= 0.6 is 0 Å². The van der Waals surface area contributed by atoms with Crippen molar-refractivity contribution in [2.45, 2.75) is 50.2 Å². The zero-order valence-corrected chi connectivity index (χ0v) is 18.0. The normalized spacial score (nSPS) is 14.4. The summed E-state index contributed by atoms with van der Waals surface area (Å²) in [5.74, 6) is -2.48. The molecular weight excluding hydrogens is 450 g/mol. The molecule has 0 bridgehead atoms. The number of carbonyl (C=O) groups excluding carboxylic acids is 1. The molecule has 17 heteroatoms. The largest absolute Gasteiger partial charge is 0.480 e. The van der Waals surface area contributed by atoms with E-state index in [9.17, 15) is 18.0 Å². The zero-order valence-electron chi connectivity index (χ0n) is 17.2. The molecule has 182 valence electrons. The van der Waals surface area contributed by atoms with Crippen molar-refractivity contribution in [2.24, 2.45) is 17.2 Å². The third kappa shape index (κ3) is 9.96. The van der Waals surface area contributed by atoms with Gasteiger partial charge in [0.2, 0.25) is 11.8 Å². The Morgan fingerprint density at radius 2 is 1.88 bits per heavy atom. The van der Waals surface area contributed by atoms with Crippen LogP contribution in [0.5, 0.6) is 0 Å². The van der Waals surface area contributed by atoms with Crippen LogP contribution in [-0.2, 0) is 19.8 Å². The van der Waals surface area contributed by atoms with Crippen LogP contribution < -0.4 is 32.0 Å². The molecular formula is C15H29N9O7S. The molecule has 1 aromatic heterocycles. The molecule has 32 heavy (non-hydrogen) atoms. The second-order valence-electron chi connectivity index (χ2n) is 6.78. The number of aromatic nitrogens is 2. The minimum absolute atomic E-state index is 0.0859. The fourth-order valence-electron chi connectivity index (χ4n) is 2.50. The average molecular weight is 480 g/mol. The number of rotatable bonds is 16. The van der Waals surface area contributed by atoms with Crippen LogP contribution in [0, 0.1) is 5.41 Å². The van der Waals surface area contributed by atoms with Gasteiger partial charge in [-0.05, 0) is 25.7 Å². The highest BCUT2D eigenvalue weighted by molar-refractivity contribution is 7.87. The molecule has 1 amide bonds. The van der Waals surface area contributed by atoms with Gasteiger partial charge in [0.05, 0.1) is 6.04 Å². The van der Waals surface area contributed by atoms with Gasteiger partial charge in [0, 0.05) is 19.6 Å². The number of nitrogens with zero attached hydrogens (tertiary/aromatic N) is 2. The van der Waals surface area contributed by atoms with E-state index in [0.29, 0.717) is 19.4 Å². The first-order valence-electron chi connectivity index (χ1n) is 9.53. The van der Waals surface area contributed by atoms with E-state index < -0.39 is 46.8 Å².